The van der Waals surface area contributed by atoms with Crippen LogP contribution in [0.2, 0.25) is 0 Å². The van der Waals surface area contributed by atoms with Gasteiger partial charge in [0.2, 0.25) is 0 Å². The van der Waals surface area contributed by atoms with Crippen LogP contribution in [0.15, 0.2) is 36.7 Å². The summed E-state index contributed by atoms with van der Waals surface area (Å²) in [7, 11) is 1.48. The van der Waals surface area contributed by atoms with E-state index < -0.39 is 17.6 Å². The predicted octanol–water partition coefficient (Wildman–Crippen LogP) is 4.31. The molecule has 2 aromatic heterocycles. The minimum Gasteiger partial charge on any atom is -0.489 e. The second kappa shape index (κ2) is 8.70. The van der Waals surface area contributed by atoms with Crippen molar-refractivity contribution in [2.75, 3.05) is 25.6 Å². The van der Waals surface area contributed by atoms with Crippen LogP contribution in [0.1, 0.15) is 35.8 Å². The van der Waals surface area contributed by atoms with E-state index in [9.17, 15) is 18.0 Å². The van der Waals surface area contributed by atoms with E-state index >= 15 is 0 Å². The number of nitrogens with zero attached hydrogens (tertiary/aromatic N) is 3. The van der Waals surface area contributed by atoms with Gasteiger partial charge in [-0.15, -0.1) is 0 Å². The predicted molar refractivity (Wildman–Crippen MR) is 105 cm³/mol. The summed E-state index contributed by atoms with van der Waals surface area (Å²) in [5, 5.41) is 7.38. The highest BCUT2D eigenvalue weighted by Crippen LogP contribution is 2.35. The molecule has 1 N–H and O–H groups in total. The van der Waals surface area contributed by atoms with Gasteiger partial charge in [0.1, 0.15) is 12.4 Å². The van der Waals surface area contributed by atoms with Crippen LogP contribution in [0.3, 0.4) is 0 Å². The number of nitrogens with one attached hydrogen (secondary N) is 1. The lowest BCUT2D eigenvalue weighted by Crippen LogP contribution is -2.15. The summed E-state index contributed by atoms with van der Waals surface area (Å²) in [5.41, 5.74) is -0.192. The number of alkyl halides is 3. The van der Waals surface area contributed by atoms with Crippen molar-refractivity contribution < 1.29 is 27.4 Å². The van der Waals surface area contributed by atoms with Crippen molar-refractivity contribution in [3.8, 4) is 5.75 Å². The Hall–Kier alpha value is -3.14. The molecule has 0 fully saturated rings. The zero-order valence-corrected chi connectivity index (χ0v) is 16.7. The summed E-state index contributed by atoms with van der Waals surface area (Å²) in [6, 6.07) is 4.57. The fourth-order valence-electron chi connectivity index (χ4n) is 2.80. The molecule has 0 spiro atoms. The van der Waals surface area contributed by atoms with Crippen LogP contribution < -0.4 is 10.1 Å². The van der Waals surface area contributed by atoms with E-state index in [1.165, 1.54) is 19.4 Å². The van der Waals surface area contributed by atoms with Gasteiger partial charge in [0.25, 0.3) is 5.91 Å². The quantitative estimate of drug-likeness (QED) is 0.574. The molecule has 30 heavy (non-hydrogen) atoms. The number of anilines is 1. The Morgan fingerprint density at radius 2 is 1.97 bits per heavy atom. The third kappa shape index (κ3) is 4.70. The maximum absolute atomic E-state index is 13.1. The van der Waals surface area contributed by atoms with Gasteiger partial charge in [-0.2, -0.15) is 18.3 Å². The van der Waals surface area contributed by atoms with Crippen LogP contribution in [0.25, 0.3) is 11.0 Å². The molecule has 7 nitrogen and oxygen atoms in total. The van der Waals surface area contributed by atoms with Crippen LogP contribution in [0.4, 0.5) is 18.9 Å². The SMILES string of the molecule is COCCOc1ccc(C(F)(F)F)cc1NC(=O)c1cnc2c(cnn2C(C)C)c1. The molecule has 160 valence electrons. The van der Waals surface area contributed by atoms with Crippen molar-refractivity contribution in [3.05, 3.63) is 47.8 Å². The van der Waals surface area contributed by atoms with Gasteiger partial charge in [0.15, 0.2) is 5.65 Å². The Morgan fingerprint density at radius 3 is 2.63 bits per heavy atom. The Morgan fingerprint density at radius 1 is 1.20 bits per heavy atom. The zero-order chi connectivity index (χ0) is 21.9. The summed E-state index contributed by atoms with van der Waals surface area (Å²) in [6.45, 7) is 4.27. The van der Waals surface area contributed by atoms with Gasteiger partial charge < -0.3 is 14.8 Å². The van der Waals surface area contributed by atoms with E-state index in [1.54, 1.807) is 16.9 Å². The summed E-state index contributed by atoms with van der Waals surface area (Å²) < 4.78 is 51.4. The van der Waals surface area contributed by atoms with Crippen molar-refractivity contribution in [1.82, 2.24) is 14.8 Å². The Bertz CT molecular complexity index is 1050. The third-order valence-electron chi connectivity index (χ3n) is 4.28. The van der Waals surface area contributed by atoms with Gasteiger partial charge >= 0.3 is 6.18 Å². The molecule has 0 atom stereocenters. The molecule has 0 bridgehead atoms. The lowest BCUT2D eigenvalue weighted by molar-refractivity contribution is -0.137. The van der Waals surface area contributed by atoms with E-state index in [0.717, 1.165) is 12.1 Å². The minimum atomic E-state index is -4.56. The smallest absolute Gasteiger partial charge is 0.416 e. The van der Waals surface area contributed by atoms with Crippen LogP contribution in [0.5, 0.6) is 5.75 Å². The molecule has 0 radical (unpaired) electrons. The fraction of sp³-hybridized carbons (Fsp3) is 0.350. The number of aromatic nitrogens is 3. The summed E-state index contributed by atoms with van der Waals surface area (Å²) in [5.74, 6) is -0.507. The number of hydrogen-bond acceptors (Lipinski definition) is 5. The van der Waals surface area contributed by atoms with Crippen LogP contribution in [-0.4, -0.2) is 41.0 Å². The number of carbonyl (C=O) groups excluding carboxylic acids is 1. The number of hydrogen-bond donors (Lipinski definition) is 1. The molecule has 0 aliphatic carbocycles. The number of ether oxygens (including phenoxy) is 2. The van der Waals surface area contributed by atoms with E-state index in [2.05, 4.69) is 15.4 Å². The molecule has 1 amide bonds. The summed E-state index contributed by atoms with van der Waals surface area (Å²) in [4.78, 5) is 17.0. The highest BCUT2D eigenvalue weighted by Gasteiger charge is 2.31. The molecule has 0 unspecified atom stereocenters. The van der Waals surface area contributed by atoms with Crippen LogP contribution in [-0.2, 0) is 10.9 Å². The molecule has 0 saturated carbocycles. The number of amides is 1. The normalized spacial score (nSPS) is 11.8. The maximum Gasteiger partial charge on any atom is 0.416 e. The molecule has 1 aromatic carbocycles. The monoisotopic (exact) mass is 422 g/mol. The maximum atomic E-state index is 13.1. The van der Waals surface area contributed by atoms with Gasteiger partial charge in [0, 0.05) is 24.7 Å². The number of rotatable bonds is 7. The topological polar surface area (TPSA) is 78.3 Å². The Labute approximate surface area is 170 Å². The van der Waals surface area contributed by atoms with Crippen LogP contribution in [0, 0.1) is 0 Å². The average Bonchev–Trinajstić information content (AvgIpc) is 3.12. The highest BCUT2D eigenvalue weighted by molar-refractivity contribution is 6.06. The lowest BCUT2D eigenvalue weighted by atomic mass is 10.1. The van der Waals surface area contributed by atoms with Gasteiger partial charge in [-0.3, -0.25) is 4.79 Å². The summed E-state index contributed by atoms with van der Waals surface area (Å²) in [6.07, 6.45) is -1.61. The molecular weight excluding hydrogens is 401 g/mol. The van der Waals surface area contributed by atoms with Crippen molar-refractivity contribution in [1.29, 1.82) is 0 Å². The molecule has 0 aliphatic rings. The third-order valence-corrected chi connectivity index (χ3v) is 4.28. The van der Waals surface area contributed by atoms with Crippen molar-refractivity contribution >= 4 is 22.6 Å². The van der Waals surface area contributed by atoms with E-state index in [4.69, 9.17) is 9.47 Å². The molecule has 10 heteroatoms. The second-order valence-electron chi connectivity index (χ2n) is 6.82. The lowest BCUT2D eigenvalue weighted by Gasteiger charge is -2.15. The molecule has 3 rings (SSSR count). The Kier molecular flexibility index (Phi) is 6.25. The van der Waals surface area contributed by atoms with E-state index in [0.29, 0.717) is 11.0 Å². The summed E-state index contributed by atoms with van der Waals surface area (Å²) >= 11 is 0. The first-order valence-corrected chi connectivity index (χ1v) is 9.18. The van der Waals surface area contributed by atoms with Crippen molar-refractivity contribution in [2.45, 2.75) is 26.1 Å². The standard InChI is InChI=1S/C20H21F3N4O3/c1-12(2)27-18-13(11-25-27)8-14(10-24-18)19(28)26-16-9-15(20(21,22)23)4-5-17(16)30-7-6-29-3/h4-5,8-12H,6-7H2,1-3H3,(H,26,28). The Balaban J connectivity index is 1.89. The van der Waals surface area contributed by atoms with Gasteiger partial charge in [-0.05, 0) is 38.1 Å². The highest BCUT2D eigenvalue weighted by atomic mass is 19.4. The van der Waals surface area contributed by atoms with Gasteiger partial charge in [-0.25, -0.2) is 9.67 Å². The van der Waals surface area contributed by atoms with Crippen molar-refractivity contribution in [3.63, 3.8) is 0 Å². The molecule has 3 aromatic rings. The molecule has 0 aliphatic heterocycles. The number of pyridine rings is 1. The second-order valence-corrected chi connectivity index (χ2v) is 6.82. The first kappa shape index (κ1) is 21.6. The van der Waals surface area contributed by atoms with E-state index in [-0.39, 0.29) is 36.3 Å². The van der Waals surface area contributed by atoms with Crippen LogP contribution >= 0.6 is 0 Å². The van der Waals surface area contributed by atoms with E-state index in [1.807, 2.05) is 13.8 Å². The number of benzene rings is 1. The zero-order valence-electron chi connectivity index (χ0n) is 16.7. The molecule has 0 saturated heterocycles. The molecule has 2 heterocycles. The number of halogens is 3. The first-order chi connectivity index (χ1) is 14.2. The number of fused-ring (bicyclic) bond motifs is 1. The number of carbonyl (C=O) groups is 1. The minimum absolute atomic E-state index is 0.0894. The van der Waals surface area contributed by atoms with Gasteiger partial charge in [0.05, 0.1) is 29.6 Å². The average molecular weight is 422 g/mol. The first-order valence-electron chi connectivity index (χ1n) is 9.18. The van der Waals surface area contributed by atoms with Gasteiger partial charge in [-0.1, -0.05) is 0 Å². The molecular formula is C20H21F3N4O3. The fourth-order valence-corrected chi connectivity index (χ4v) is 2.80. The number of methoxy groups -OCH3 is 1. The van der Waals surface area contributed by atoms with Crippen molar-refractivity contribution in [2.24, 2.45) is 0 Å². The largest absolute Gasteiger partial charge is 0.489 e.